The lowest BCUT2D eigenvalue weighted by atomic mass is 10.2. The van der Waals surface area contributed by atoms with Crippen LogP contribution in [0.2, 0.25) is 0 Å². The van der Waals surface area contributed by atoms with Crippen LogP contribution in [0, 0.1) is 6.92 Å². The zero-order chi connectivity index (χ0) is 14.5. The van der Waals surface area contributed by atoms with Crippen LogP contribution in [0.15, 0.2) is 12.1 Å². The number of nitrogens with two attached hydrogens (primary N) is 1. The van der Waals surface area contributed by atoms with Crippen molar-refractivity contribution >= 4 is 11.7 Å². The number of rotatable bonds is 4. The van der Waals surface area contributed by atoms with Crippen LogP contribution in [-0.4, -0.2) is 55.2 Å². The standard InChI is InChI=1S/C13H21N5O2/c1-9-5-10(6-12(16-9)17-14)13(19)15-7-11-8-18(2)3-4-20-11/h5-6,11H,3-4,7-8,14H2,1-2H3,(H,15,19)(H,16,17). The van der Waals surface area contributed by atoms with Crippen LogP contribution in [-0.2, 0) is 4.74 Å². The molecule has 1 amide bonds. The maximum absolute atomic E-state index is 12.1. The van der Waals surface area contributed by atoms with Gasteiger partial charge in [0.05, 0.1) is 12.7 Å². The van der Waals surface area contributed by atoms with Gasteiger partial charge in [-0.2, -0.15) is 0 Å². The van der Waals surface area contributed by atoms with Gasteiger partial charge in [-0.05, 0) is 26.1 Å². The normalized spacial score (nSPS) is 19.6. The van der Waals surface area contributed by atoms with Crippen molar-refractivity contribution in [2.24, 2.45) is 5.84 Å². The highest BCUT2D eigenvalue weighted by Crippen LogP contribution is 2.09. The minimum Gasteiger partial charge on any atom is -0.374 e. The Balaban J connectivity index is 1.93. The summed E-state index contributed by atoms with van der Waals surface area (Å²) in [5.41, 5.74) is 3.72. The number of hydrazine groups is 1. The first-order chi connectivity index (χ1) is 9.58. The predicted octanol–water partition coefficient (Wildman–Crippen LogP) is -0.264. The lowest BCUT2D eigenvalue weighted by molar-refractivity contribution is -0.0175. The minimum atomic E-state index is -0.149. The molecule has 110 valence electrons. The number of aromatic nitrogens is 1. The molecule has 1 unspecified atom stereocenters. The minimum absolute atomic E-state index is 0.0349. The molecule has 0 spiro atoms. The van der Waals surface area contributed by atoms with Crippen molar-refractivity contribution < 1.29 is 9.53 Å². The molecule has 1 aliphatic heterocycles. The van der Waals surface area contributed by atoms with Crippen molar-refractivity contribution in [1.29, 1.82) is 0 Å². The fourth-order valence-electron chi connectivity index (χ4n) is 2.17. The smallest absolute Gasteiger partial charge is 0.251 e. The number of morpholine rings is 1. The van der Waals surface area contributed by atoms with Crippen LogP contribution in [0.5, 0.6) is 0 Å². The molecule has 7 heteroatoms. The molecule has 1 aromatic heterocycles. The molecule has 0 aromatic carbocycles. The molecule has 7 nitrogen and oxygen atoms in total. The maximum atomic E-state index is 12.1. The molecule has 2 rings (SSSR count). The Morgan fingerprint density at radius 3 is 3.10 bits per heavy atom. The number of hydrogen-bond acceptors (Lipinski definition) is 6. The van der Waals surface area contributed by atoms with Gasteiger partial charge in [0.1, 0.15) is 5.82 Å². The number of anilines is 1. The second-order valence-corrected chi connectivity index (χ2v) is 4.99. The van der Waals surface area contributed by atoms with E-state index in [1.54, 1.807) is 12.1 Å². The van der Waals surface area contributed by atoms with Crippen molar-refractivity contribution in [3.8, 4) is 0 Å². The molecule has 1 aromatic rings. The number of hydrogen-bond donors (Lipinski definition) is 3. The topological polar surface area (TPSA) is 92.5 Å². The Morgan fingerprint density at radius 2 is 2.40 bits per heavy atom. The number of nitrogens with zero attached hydrogens (tertiary/aromatic N) is 2. The molecule has 0 radical (unpaired) electrons. The highest BCUT2D eigenvalue weighted by Gasteiger charge is 2.18. The highest BCUT2D eigenvalue weighted by atomic mass is 16.5. The van der Waals surface area contributed by atoms with E-state index in [9.17, 15) is 4.79 Å². The van der Waals surface area contributed by atoms with Gasteiger partial charge >= 0.3 is 0 Å². The number of likely N-dealkylation sites (N-methyl/N-ethyl adjacent to an activating group) is 1. The number of amides is 1. The summed E-state index contributed by atoms with van der Waals surface area (Å²) in [6.45, 7) is 4.77. The molecule has 1 saturated heterocycles. The van der Waals surface area contributed by atoms with Gasteiger partial charge in [0.25, 0.3) is 5.91 Å². The quantitative estimate of drug-likeness (QED) is 0.519. The predicted molar refractivity (Wildman–Crippen MR) is 76.4 cm³/mol. The molecule has 0 bridgehead atoms. The summed E-state index contributed by atoms with van der Waals surface area (Å²) in [4.78, 5) is 18.4. The number of aryl methyl sites for hydroxylation is 1. The lowest BCUT2D eigenvalue weighted by Crippen LogP contribution is -2.45. The first kappa shape index (κ1) is 14.7. The molecule has 4 N–H and O–H groups in total. The summed E-state index contributed by atoms with van der Waals surface area (Å²) in [5.74, 6) is 5.65. The van der Waals surface area contributed by atoms with Crippen molar-refractivity contribution in [2.45, 2.75) is 13.0 Å². The number of pyridine rings is 1. The van der Waals surface area contributed by atoms with E-state index in [4.69, 9.17) is 10.6 Å². The van der Waals surface area contributed by atoms with Crippen LogP contribution in [0.25, 0.3) is 0 Å². The van der Waals surface area contributed by atoms with E-state index < -0.39 is 0 Å². The first-order valence-electron chi connectivity index (χ1n) is 6.62. The summed E-state index contributed by atoms with van der Waals surface area (Å²) >= 11 is 0. The summed E-state index contributed by atoms with van der Waals surface area (Å²) in [5, 5.41) is 2.88. The largest absolute Gasteiger partial charge is 0.374 e. The fourth-order valence-corrected chi connectivity index (χ4v) is 2.17. The maximum Gasteiger partial charge on any atom is 0.251 e. The number of nitrogens with one attached hydrogen (secondary N) is 2. The molecular formula is C13H21N5O2. The van der Waals surface area contributed by atoms with E-state index in [0.29, 0.717) is 24.5 Å². The van der Waals surface area contributed by atoms with Gasteiger partial charge in [-0.25, -0.2) is 10.8 Å². The molecule has 0 saturated carbocycles. The van der Waals surface area contributed by atoms with E-state index in [-0.39, 0.29) is 12.0 Å². The molecule has 1 aliphatic rings. The van der Waals surface area contributed by atoms with E-state index in [0.717, 1.165) is 18.8 Å². The Hall–Kier alpha value is -1.70. The van der Waals surface area contributed by atoms with Crippen LogP contribution in [0.3, 0.4) is 0 Å². The molecule has 1 atom stereocenters. The fraction of sp³-hybridized carbons (Fsp3) is 0.538. The second kappa shape index (κ2) is 6.65. The third kappa shape index (κ3) is 3.89. The molecular weight excluding hydrogens is 258 g/mol. The van der Waals surface area contributed by atoms with E-state index in [2.05, 4.69) is 20.6 Å². The lowest BCUT2D eigenvalue weighted by Gasteiger charge is -2.30. The summed E-state index contributed by atoms with van der Waals surface area (Å²) < 4.78 is 5.60. The molecule has 0 aliphatic carbocycles. The second-order valence-electron chi connectivity index (χ2n) is 4.99. The van der Waals surface area contributed by atoms with Gasteiger partial charge in [0.15, 0.2) is 0 Å². The number of ether oxygens (including phenoxy) is 1. The van der Waals surface area contributed by atoms with E-state index in [1.165, 1.54) is 0 Å². The molecule has 2 heterocycles. The Bertz CT molecular complexity index is 480. The van der Waals surface area contributed by atoms with E-state index in [1.807, 2.05) is 14.0 Å². The number of nitrogen functional groups attached to an aromatic ring is 1. The number of carbonyl (C=O) groups excluding carboxylic acids is 1. The SMILES string of the molecule is Cc1cc(C(=O)NCC2CN(C)CCO2)cc(NN)n1. The molecule has 1 fully saturated rings. The van der Waals surface area contributed by atoms with E-state index >= 15 is 0 Å². The third-order valence-corrected chi connectivity index (χ3v) is 3.20. The average Bonchev–Trinajstić information content (AvgIpc) is 2.44. The summed E-state index contributed by atoms with van der Waals surface area (Å²) in [7, 11) is 2.04. The van der Waals surface area contributed by atoms with Gasteiger partial charge in [0, 0.05) is 30.9 Å². The summed E-state index contributed by atoms with van der Waals surface area (Å²) in [6, 6.07) is 3.35. The Labute approximate surface area is 118 Å². The van der Waals surface area contributed by atoms with Gasteiger partial charge in [-0.1, -0.05) is 0 Å². The van der Waals surface area contributed by atoms with Crippen LogP contribution in [0.4, 0.5) is 5.82 Å². The summed E-state index contributed by atoms with van der Waals surface area (Å²) in [6.07, 6.45) is 0.0349. The van der Waals surface area contributed by atoms with Crippen LogP contribution in [0.1, 0.15) is 16.1 Å². The van der Waals surface area contributed by atoms with Gasteiger partial charge in [-0.3, -0.25) is 4.79 Å². The van der Waals surface area contributed by atoms with Crippen LogP contribution >= 0.6 is 0 Å². The van der Waals surface area contributed by atoms with Crippen molar-refractivity contribution in [1.82, 2.24) is 15.2 Å². The van der Waals surface area contributed by atoms with Crippen molar-refractivity contribution in [3.63, 3.8) is 0 Å². The highest BCUT2D eigenvalue weighted by molar-refractivity contribution is 5.95. The monoisotopic (exact) mass is 279 g/mol. The zero-order valence-electron chi connectivity index (χ0n) is 11.8. The zero-order valence-corrected chi connectivity index (χ0v) is 11.8. The number of carbonyl (C=O) groups is 1. The van der Waals surface area contributed by atoms with Crippen molar-refractivity contribution in [3.05, 3.63) is 23.4 Å². The van der Waals surface area contributed by atoms with Crippen LogP contribution < -0.4 is 16.6 Å². The van der Waals surface area contributed by atoms with Gasteiger partial charge in [-0.15, -0.1) is 0 Å². The first-order valence-corrected chi connectivity index (χ1v) is 6.62. The Kier molecular flexibility index (Phi) is 4.89. The average molecular weight is 279 g/mol. The van der Waals surface area contributed by atoms with Crippen molar-refractivity contribution in [2.75, 3.05) is 38.7 Å². The molecule has 20 heavy (non-hydrogen) atoms. The van der Waals surface area contributed by atoms with Gasteiger partial charge in [0.2, 0.25) is 0 Å². The van der Waals surface area contributed by atoms with Gasteiger partial charge < -0.3 is 20.4 Å². The third-order valence-electron chi connectivity index (χ3n) is 3.20. The Morgan fingerprint density at radius 1 is 1.60 bits per heavy atom.